The number of halogens is 1. The summed E-state index contributed by atoms with van der Waals surface area (Å²) < 4.78 is 14.2. The molecule has 6 heteroatoms. The van der Waals surface area contributed by atoms with Gasteiger partial charge in [-0.25, -0.2) is 4.39 Å². The maximum Gasteiger partial charge on any atom is 0.257 e. The lowest BCUT2D eigenvalue weighted by molar-refractivity contribution is -0.123. The predicted molar refractivity (Wildman–Crippen MR) is 78.9 cm³/mol. The van der Waals surface area contributed by atoms with Crippen LogP contribution >= 0.6 is 0 Å². The molecular formula is C15H20FN3O2. The third-order valence-electron chi connectivity index (χ3n) is 4.35. The summed E-state index contributed by atoms with van der Waals surface area (Å²) in [6.45, 7) is 2.87. The van der Waals surface area contributed by atoms with E-state index in [2.05, 4.69) is 17.3 Å². The lowest BCUT2D eigenvalue weighted by Crippen LogP contribution is -2.27. The first-order valence-electron chi connectivity index (χ1n) is 7.17. The number of fused-ring (bicyclic) bond motifs is 1. The molecule has 114 valence electrons. The highest BCUT2D eigenvalue weighted by Gasteiger charge is 2.31. The smallest absolute Gasteiger partial charge is 0.257 e. The Morgan fingerprint density at radius 1 is 1.52 bits per heavy atom. The number of aliphatic hydroxyl groups is 1. The quantitative estimate of drug-likeness (QED) is 0.879. The van der Waals surface area contributed by atoms with Gasteiger partial charge < -0.3 is 20.2 Å². The summed E-state index contributed by atoms with van der Waals surface area (Å²) in [5.41, 5.74) is 1.27. The van der Waals surface area contributed by atoms with Gasteiger partial charge in [-0.3, -0.25) is 4.79 Å². The van der Waals surface area contributed by atoms with Crippen LogP contribution in [0.2, 0.25) is 0 Å². The Bertz CT molecular complexity index is 578. The van der Waals surface area contributed by atoms with E-state index in [4.69, 9.17) is 0 Å². The van der Waals surface area contributed by atoms with Crippen LogP contribution in [0.25, 0.3) is 0 Å². The van der Waals surface area contributed by atoms with E-state index in [1.165, 1.54) is 6.07 Å². The summed E-state index contributed by atoms with van der Waals surface area (Å²) in [5, 5.41) is 12.2. The summed E-state index contributed by atoms with van der Waals surface area (Å²) >= 11 is 0. The fourth-order valence-corrected chi connectivity index (χ4v) is 3.21. The van der Waals surface area contributed by atoms with Gasteiger partial charge in [-0.05, 0) is 38.1 Å². The lowest BCUT2D eigenvalue weighted by Gasteiger charge is -2.24. The monoisotopic (exact) mass is 293 g/mol. The van der Waals surface area contributed by atoms with Crippen molar-refractivity contribution in [3.63, 3.8) is 0 Å². The van der Waals surface area contributed by atoms with E-state index in [1.54, 1.807) is 6.07 Å². The number of nitrogens with zero attached hydrogens (tertiary/aromatic N) is 2. The van der Waals surface area contributed by atoms with Crippen molar-refractivity contribution in [1.82, 2.24) is 4.90 Å². The topological polar surface area (TPSA) is 55.8 Å². The molecule has 2 heterocycles. The van der Waals surface area contributed by atoms with Gasteiger partial charge in [0.05, 0.1) is 5.69 Å². The zero-order valence-electron chi connectivity index (χ0n) is 12.3. The van der Waals surface area contributed by atoms with Gasteiger partial charge >= 0.3 is 0 Å². The third kappa shape index (κ3) is 2.61. The van der Waals surface area contributed by atoms with E-state index in [9.17, 15) is 14.3 Å². The second-order valence-electron chi connectivity index (χ2n) is 6.08. The normalized spacial score (nSPS) is 25.0. The highest BCUT2D eigenvalue weighted by molar-refractivity contribution is 6.02. The first kappa shape index (κ1) is 14.3. The molecule has 0 saturated carbocycles. The van der Waals surface area contributed by atoms with Crippen molar-refractivity contribution in [2.45, 2.75) is 12.5 Å². The Hall–Kier alpha value is -1.66. The van der Waals surface area contributed by atoms with Gasteiger partial charge in [0.1, 0.15) is 5.82 Å². The summed E-state index contributed by atoms with van der Waals surface area (Å²) in [4.78, 5) is 15.6. The number of anilines is 2. The van der Waals surface area contributed by atoms with Crippen molar-refractivity contribution >= 4 is 17.3 Å². The molecule has 2 atom stereocenters. The number of nitrogens with one attached hydrogen (secondary N) is 1. The first-order chi connectivity index (χ1) is 9.95. The van der Waals surface area contributed by atoms with Crippen LogP contribution in [-0.4, -0.2) is 49.6 Å². The number of hydrogen-bond acceptors (Lipinski definition) is 4. The molecule has 5 nitrogen and oxygen atoms in total. The minimum atomic E-state index is -1.27. The van der Waals surface area contributed by atoms with Crippen LogP contribution in [0.5, 0.6) is 0 Å². The van der Waals surface area contributed by atoms with Crippen molar-refractivity contribution < 1.29 is 14.3 Å². The molecule has 21 heavy (non-hydrogen) atoms. The van der Waals surface area contributed by atoms with Crippen molar-refractivity contribution in [3.8, 4) is 0 Å². The van der Waals surface area contributed by atoms with Gasteiger partial charge in [0, 0.05) is 31.4 Å². The molecule has 0 bridgehead atoms. The molecule has 1 aromatic rings. The minimum Gasteiger partial charge on any atom is -0.378 e. The third-order valence-corrected chi connectivity index (χ3v) is 4.35. The highest BCUT2D eigenvalue weighted by Crippen LogP contribution is 2.36. The molecular weight excluding hydrogens is 273 g/mol. The van der Waals surface area contributed by atoms with E-state index >= 15 is 0 Å². The SMILES string of the molecule is CN1CCC(CN(C)c2cc3c(cc2F)C(O)C(=O)N3)C1. The Labute approximate surface area is 123 Å². The van der Waals surface area contributed by atoms with Crippen LogP contribution in [0.3, 0.4) is 0 Å². The minimum absolute atomic E-state index is 0.315. The van der Waals surface area contributed by atoms with E-state index in [-0.39, 0.29) is 0 Å². The molecule has 1 amide bonds. The second kappa shape index (κ2) is 5.27. The number of carbonyl (C=O) groups is 1. The standard InChI is InChI=1S/C15H20FN3O2/c1-18-4-3-9(7-18)8-19(2)13-6-12-10(5-11(13)16)14(20)15(21)17-12/h5-6,9,14,20H,3-4,7-8H2,1-2H3,(H,17,21). The van der Waals surface area contributed by atoms with Crippen LogP contribution in [0.15, 0.2) is 12.1 Å². The van der Waals surface area contributed by atoms with Gasteiger partial charge in [-0.1, -0.05) is 0 Å². The largest absolute Gasteiger partial charge is 0.378 e. The molecule has 3 rings (SSSR count). The number of likely N-dealkylation sites (tertiary alicyclic amines) is 1. The zero-order valence-corrected chi connectivity index (χ0v) is 12.3. The Kier molecular flexibility index (Phi) is 3.59. The molecule has 2 aliphatic heterocycles. The predicted octanol–water partition coefficient (Wildman–Crippen LogP) is 1.20. The van der Waals surface area contributed by atoms with Crippen molar-refractivity contribution in [3.05, 3.63) is 23.5 Å². The molecule has 0 aliphatic carbocycles. The number of hydrogen-bond donors (Lipinski definition) is 2. The molecule has 2 unspecified atom stereocenters. The maximum absolute atomic E-state index is 14.2. The van der Waals surface area contributed by atoms with Crippen molar-refractivity contribution in [1.29, 1.82) is 0 Å². The van der Waals surface area contributed by atoms with Crippen LogP contribution in [-0.2, 0) is 4.79 Å². The Morgan fingerprint density at radius 3 is 2.95 bits per heavy atom. The number of aliphatic hydroxyl groups excluding tert-OH is 1. The number of amides is 1. The Morgan fingerprint density at radius 2 is 2.29 bits per heavy atom. The van der Waals surface area contributed by atoms with E-state index in [0.29, 0.717) is 22.9 Å². The fraction of sp³-hybridized carbons (Fsp3) is 0.533. The second-order valence-corrected chi connectivity index (χ2v) is 6.08. The van der Waals surface area contributed by atoms with Crippen LogP contribution < -0.4 is 10.2 Å². The molecule has 1 fully saturated rings. The van der Waals surface area contributed by atoms with Gasteiger partial charge in [0.15, 0.2) is 6.10 Å². The first-order valence-corrected chi connectivity index (χ1v) is 7.17. The molecule has 1 saturated heterocycles. The summed E-state index contributed by atoms with van der Waals surface area (Å²) in [6.07, 6.45) is -0.152. The fourth-order valence-electron chi connectivity index (χ4n) is 3.21. The van der Waals surface area contributed by atoms with E-state index < -0.39 is 17.8 Å². The van der Waals surface area contributed by atoms with Crippen LogP contribution in [0.1, 0.15) is 18.1 Å². The number of rotatable bonds is 3. The van der Waals surface area contributed by atoms with Crippen LogP contribution in [0.4, 0.5) is 15.8 Å². The summed E-state index contributed by atoms with van der Waals surface area (Å²) in [5.74, 6) is -0.382. The molecule has 1 aromatic carbocycles. The molecule has 0 aromatic heterocycles. The Balaban J connectivity index is 1.79. The van der Waals surface area contributed by atoms with Crippen LogP contribution in [0, 0.1) is 11.7 Å². The number of carbonyl (C=O) groups excluding carboxylic acids is 1. The molecule has 0 radical (unpaired) electrons. The zero-order chi connectivity index (χ0) is 15.1. The van der Waals surface area contributed by atoms with Gasteiger partial charge in [-0.2, -0.15) is 0 Å². The average Bonchev–Trinajstić information content (AvgIpc) is 2.95. The van der Waals surface area contributed by atoms with E-state index in [0.717, 1.165) is 26.1 Å². The summed E-state index contributed by atoms with van der Waals surface area (Å²) in [7, 11) is 3.95. The van der Waals surface area contributed by atoms with Crippen molar-refractivity contribution in [2.24, 2.45) is 5.92 Å². The molecule has 0 spiro atoms. The molecule has 2 aliphatic rings. The highest BCUT2D eigenvalue weighted by atomic mass is 19.1. The van der Waals surface area contributed by atoms with Gasteiger partial charge in [-0.15, -0.1) is 0 Å². The molecule has 2 N–H and O–H groups in total. The van der Waals surface area contributed by atoms with Gasteiger partial charge in [0.2, 0.25) is 0 Å². The maximum atomic E-state index is 14.2. The average molecular weight is 293 g/mol. The number of benzene rings is 1. The van der Waals surface area contributed by atoms with Gasteiger partial charge in [0.25, 0.3) is 5.91 Å². The van der Waals surface area contributed by atoms with E-state index in [1.807, 2.05) is 11.9 Å². The lowest BCUT2D eigenvalue weighted by atomic mass is 10.1. The van der Waals surface area contributed by atoms with Crippen molar-refractivity contribution in [2.75, 3.05) is 43.9 Å². The summed E-state index contributed by atoms with van der Waals surface area (Å²) in [6, 6.07) is 2.86.